The van der Waals surface area contributed by atoms with Crippen LogP contribution >= 0.6 is 15.9 Å². The highest BCUT2D eigenvalue weighted by atomic mass is 79.9. The van der Waals surface area contributed by atoms with Gasteiger partial charge in [-0.05, 0) is 22.0 Å². The van der Waals surface area contributed by atoms with Gasteiger partial charge in [0, 0.05) is 10.5 Å². The number of hydrogen-bond donors (Lipinski definition) is 3. The summed E-state index contributed by atoms with van der Waals surface area (Å²) in [6.07, 6.45) is -1.05. The monoisotopic (exact) mass is 387 g/mol. The zero-order chi connectivity index (χ0) is 16.4. The highest BCUT2D eigenvalue weighted by molar-refractivity contribution is 9.10. The van der Waals surface area contributed by atoms with E-state index in [9.17, 15) is 26.8 Å². The summed E-state index contributed by atoms with van der Waals surface area (Å²) >= 11 is 2.65. The third-order valence-electron chi connectivity index (χ3n) is 2.21. The summed E-state index contributed by atoms with van der Waals surface area (Å²) in [6.45, 7) is 0. The molecule has 0 amide bonds. The Balaban J connectivity index is 3.23. The predicted molar refractivity (Wildman–Crippen MR) is 68.1 cm³/mol. The largest absolute Gasteiger partial charge is 0.481 e. The van der Waals surface area contributed by atoms with Crippen molar-refractivity contribution in [1.82, 2.24) is 4.72 Å². The van der Waals surface area contributed by atoms with Gasteiger partial charge in [0.25, 0.3) is 0 Å². The van der Waals surface area contributed by atoms with Crippen molar-refractivity contribution in [3.63, 3.8) is 0 Å². The molecule has 3 N–H and O–H groups in total. The van der Waals surface area contributed by atoms with Crippen LogP contribution in [-0.2, 0) is 19.6 Å². The number of carboxylic acid groups (broad SMARTS) is 2. The Labute approximate surface area is 125 Å². The lowest BCUT2D eigenvalue weighted by atomic mass is 10.2. The van der Waals surface area contributed by atoms with Crippen molar-refractivity contribution in [3.05, 3.63) is 28.2 Å². The van der Waals surface area contributed by atoms with Crippen LogP contribution in [0.15, 0.2) is 21.5 Å². The molecule has 0 saturated carbocycles. The average Bonchev–Trinajstić information content (AvgIpc) is 2.24. The Kier molecular flexibility index (Phi) is 5.36. The summed E-state index contributed by atoms with van der Waals surface area (Å²) in [6, 6.07) is -1.03. The van der Waals surface area contributed by atoms with Crippen LogP contribution in [0.4, 0.5) is 8.78 Å². The van der Waals surface area contributed by atoms with Crippen molar-refractivity contribution in [3.8, 4) is 0 Å². The van der Waals surface area contributed by atoms with Crippen molar-refractivity contribution in [2.45, 2.75) is 17.4 Å². The third-order valence-corrected chi connectivity index (χ3v) is 4.64. The van der Waals surface area contributed by atoms with E-state index in [1.165, 1.54) is 0 Å². The van der Waals surface area contributed by atoms with E-state index in [4.69, 9.17) is 10.2 Å². The second-order valence-electron chi connectivity index (χ2n) is 3.81. The van der Waals surface area contributed by atoms with E-state index < -0.39 is 55.4 Å². The number of carbonyl (C=O) groups is 2. The highest BCUT2D eigenvalue weighted by Gasteiger charge is 2.31. The Morgan fingerprint density at radius 1 is 1.29 bits per heavy atom. The fraction of sp³-hybridized carbons (Fsp3) is 0.200. The van der Waals surface area contributed by atoms with Crippen LogP contribution in [0, 0.1) is 11.6 Å². The number of hydrogen-bond acceptors (Lipinski definition) is 4. The summed E-state index contributed by atoms with van der Waals surface area (Å²) in [5, 5.41) is 17.3. The first-order valence-electron chi connectivity index (χ1n) is 5.16. The Hall–Kier alpha value is -1.59. The summed E-state index contributed by atoms with van der Waals surface area (Å²) in [5.74, 6) is -5.81. The number of halogens is 3. The zero-order valence-corrected chi connectivity index (χ0v) is 12.4. The van der Waals surface area contributed by atoms with Gasteiger partial charge in [-0.15, -0.1) is 0 Å². The molecular weight excluding hydrogens is 380 g/mol. The number of sulfonamides is 1. The number of rotatable bonds is 6. The second-order valence-corrected chi connectivity index (χ2v) is 6.31. The highest BCUT2D eigenvalue weighted by Crippen LogP contribution is 2.26. The molecule has 0 heterocycles. The van der Waals surface area contributed by atoms with Gasteiger partial charge in [0.15, 0.2) is 0 Å². The first-order valence-corrected chi connectivity index (χ1v) is 7.43. The summed E-state index contributed by atoms with van der Waals surface area (Å²) in [4.78, 5) is 20.3. The molecule has 0 bridgehead atoms. The van der Waals surface area contributed by atoms with E-state index in [1.807, 2.05) is 0 Å². The van der Waals surface area contributed by atoms with Gasteiger partial charge in [-0.25, -0.2) is 17.2 Å². The lowest BCUT2D eigenvalue weighted by Crippen LogP contribution is -2.42. The summed E-state index contributed by atoms with van der Waals surface area (Å²) in [5.41, 5.74) is 0. The molecule has 0 spiro atoms. The molecule has 0 saturated heterocycles. The maximum atomic E-state index is 13.6. The maximum absolute atomic E-state index is 13.6. The van der Waals surface area contributed by atoms with E-state index in [1.54, 1.807) is 4.72 Å². The molecule has 1 aromatic carbocycles. The van der Waals surface area contributed by atoms with Crippen molar-refractivity contribution < 1.29 is 37.0 Å². The number of carboxylic acids is 2. The van der Waals surface area contributed by atoms with Crippen LogP contribution in [-0.4, -0.2) is 36.6 Å². The molecule has 0 aromatic heterocycles. The molecule has 21 heavy (non-hydrogen) atoms. The third kappa shape index (κ3) is 4.44. The van der Waals surface area contributed by atoms with Crippen LogP contribution in [0.1, 0.15) is 6.42 Å². The fourth-order valence-corrected chi connectivity index (χ4v) is 3.74. The van der Waals surface area contributed by atoms with Crippen molar-refractivity contribution in [1.29, 1.82) is 0 Å². The molecule has 0 fully saturated rings. The van der Waals surface area contributed by atoms with Gasteiger partial charge in [-0.2, -0.15) is 4.72 Å². The normalized spacial score (nSPS) is 12.9. The van der Waals surface area contributed by atoms with Crippen LogP contribution < -0.4 is 4.72 Å². The van der Waals surface area contributed by atoms with E-state index in [0.717, 1.165) is 0 Å². The van der Waals surface area contributed by atoms with Crippen LogP contribution in [0.2, 0.25) is 0 Å². The topological polar surface area (TPSA) is 121 Å². The minimum atomic E-state index is -4.71. The van der Waals surface area contributed by atoms with E-state index >= 15 is 0 Å². The zero-order valence-electron chi connectivity index (χ0n) is 10.0. The van der Waals surface area contributed by atoms with Crippen molar-refractivity contribution in [2.24, 2.45) is 0 Å². The van der Waals surface area contributed by atoms with E-state index in [2.05, 4.69) is 15.9 Å². The van der Waals surface area contributed by atoms with Gasteiger partial charge in [-0.1, -0.05) is 0 Å². The van der Waals surface area contributed by atoms with Gasteiger partial charge in [0.2, 0.25) is 10.0 Å². The molecular formula is C10H8BrF2NO6S. The van der Waals surface area contributed by atoms with E-state index in [0.29, 0.717) is 12.1 Å². The molecule has 116 valence electrons. The standard InChI is InChI=1S/C10H8BrF2NO6S/c11-5-1-4(12)2-6(13)9(5)21(19,20)14-7(10(17)18)3-8(15)16/h1-2,7,14H,3H2,(H,15,16)(H,17,18). The minimum Gasteiger partial charge on any atom is -0.481 e. The molecule has 1 rings (SSSR count). The predicted octanol–water partition coefficient (Wildman–Crippen LogP) is 0.934. The SMILES string of the molecule is O=C(O)CC(NS(=O)(=O)c1c(F)cc(F)cc1Br)C(=O)O. The summed E-state index contributed by atoms with van der Waals surface area (Å²) < 4.78 is 51.4. The minimum absolute atomic E-state index is 0.298. The number of nitrogens with one attached hydrogen (secondary N) is 1. The Morgan fingerprint density at radius 2 is 1.86 bits per heavy atom. The van der Waals surface area contributed by atoms with Crippen LogP contribution in [0.25, 0.3) is 0 Å². The molecule has 1 atom stereocenters. The maximum Gasteiger partial charge on any atom is 0.322 e. The number of benzene rings is 1. The molecule has 0 aliphatic rings. The molecule has 1 aromatic rings. The molecule has 11 heteroatoms. The van der Waals surface area contributed by atoms with Gasteiger partial charge in [0.05, 0.1) is 6.42 Å². The first kappa shape index (κ1) is 17.5. The Morgan fingerprint density at radius 3 is 2.29 bits per heavy atom. The van der Waals surface area contributed by atoms with Crippen molar-refractivity contribution >= 4 is 37.9 Å². The quantitative estimate of drug-likeness (QED) is 0.667. The lowest BCUT2D eigenvalue weighted by Gasteiger charge is -2.14. The van der Waals surface area contributed by atoms with Gasteiger partial charge in [0.1, 0.15) is 22.6 Å². The smallest absolute Gasteiger partial charge is 0.322 e. The van der Waals surface area contributed by atoms with Gasteiger partial charge >= 0.3 is 11.9 Å². The molecule has 7 nitrogen and oxygen atoms in total. The molecule has 1 unspecified atom stereocenters. The molecule has 0 radical (unpaired) electrons. The summed E-state index contributed by atoms with van der Waals surface area (Å²) in [7, 11) is -4.71. The average molecular weight is 388 g/mol. The van der Waals surface area contributed by atoms with E-state index in [-0.39, 0.29) is 0 Å². The number of aliphatic carboxylic acids is 2. The van der Waals surface area contributed by atoms with Gasteiger partial charge in [-0.3, -0.25) is 9.59 Å². The van der Waals surface area contributed by atoms with Crippen LogP contribution in [0.3, 0.4) is 0 Å². The second kappa shape index (κ2) is 6.45. The lowest BCUT2D eigenvalue weighted by molar-refractivity contribution is -0.145. The molecule has 0 aliphatic heterocycles. The fourth-order valence-electron chi connectivity index (χ4n) is 1.39. The van der Waals surface area contributed by atoms with Crippen molar-refractivity contribution in [2.75, 3.05) is 0 Å². The van der Waals surface area contributed by atoms with Crippen LogP contribution in [0.5, 0.6) is 0 Å². The Bertz CT molecular complexity index is 670. The first-order chi connectivity index (χ1) is 9.54. The molecule has 0 aliphatic carbocycles. The van der Waals surface area contributed by atoms with Gasteiger partial charge < -0.3 is 10.2 Å².